The van der Waals surface area contributed by atoms with E-state index in [1.807, 2.05) is 24.5 Å². The van der Waals surface area contributed by atoms with E-state index in [2.05, 4.69) is 20.1 Å². The van der Waals surface area contributed by atoms with E-state index >= 15 is 0 Å². The lowest BCUT2D eigenvalue weighted by Gasteiger charge is -2.31. The zero-order chi connectivity index (χ0) is 13.8. The Kier molecular flexibility index (Phi) is 4.28. The maximum atomic E-state index is 12.5. The SMILES string of the molecule is O=C(CN1CCNCC1)N1CCCC1c1ccncc1. The van der Waals surface area contributed by atoms with Crippen LogP contribution in [-0.4, -0.2) is 60.0 Å². The summed E-state index contributed by atoms with van der Waals surface area (Å²) in [4.78, 5) is 20.9. The Bertz CT molecular complexity index is 444. The molecule has 1 unspecified atom stereocenters. The molecule has 0 aliphatic carbocycles. The van der Waals surface area contributed by atoms with E-state index in [1.54, 1.807) is 0 Å². The van der Waals surface area contributed by atoms with Gasteiger partial charge < -0.3 is 10.2 Å². The molecule has 1 aromatic rings. The molecular weight excluding hydrogens is 252 g/mol. The summed E-state index contributed by atoms with van der Waals surface area (Å²) < 4.78 is 0. The van der Waals surface area contributed by atoms with Gasteiger partial charge in [0.25, 0.3) is 0 Å². The number of aromatic nitrogens is 1. The van der Waals surface area contributed by atoms with E-state index in [-0.39, 0.29) is 11.9 Å². The van der Waals surface area contributed by atoms with Crippen LogP contribution in [0.25, 0.3) is 0 Å². The van der Waals surface area contributed by atoms with Crippen molar-refractivity contribution >= 4 is 5.91 Å². The minimum atomic E-state index is 0.244. The third kappa shape index (κ3) is 2.99. The number of hydrogen-bond donors (Lipinski definition) is 1. The van der Waals surface area contributed by atoms with Crippen LogP contribution in [0, 0.1) is 0 Å². The molecule has 0 spiro atoms. The number of carbonyl (C=O) groups excluding carboxylic acids is 1. The molecule has 0 aromatic carbocycles. The highest BCUT2D eigenvalue weighted by atomic mass is 16.2. The fourth-order valence-electron chi connectivity index (χ4n) is 3.15. The monoisotopic (exact) mass is 274 g/mol. The summed E-state index contributed by atoms with van der Waals surface area (Å²) >= 11 is 0. The van der Waals surface area contributed by atoms with E-state index in [1.165, 1.54) is 5.56 Å². The molecule has 0 radical (unpaired) electrons. The van der Waals surface area contributed by atoms with Crippen LogP contribution in [0.15, 0.2) is 24.5 Å². The molecule has 1 amide bonds. The van der Waals surface area contributed by atoms with Gasteiger partial charge >= 0.3 is 0 Å². The molecule has 1 aromatic heterocycles. The van der Waals surface area contributed by atoms with Crippen LogP contribution in [0.4, 0.5) is 0 Å². The number of hydrogen-bond acceptors (Lipinski definition) is 4. The predicted molar refractivity (Wildman–Crippen MR) is 77.2 cm³/mol. The van der Waals surface area contributed by atoms with Crippen molar-refractivity contribution in [1.29, 1.82) is 0 Å². The van der Waals surface area contributed by atoms with Gasteiger partial charge in [0.1, 0.15) is 0 Å². The van der Waals surface area contributed by atoms with Crippen molar-refractivity contribution in [3.05, 3.63) is 30.1 Å². The van der Waals surface area contributed by atoms with Crippen LogP contribution in [0.3, 0.4) is 0 Å². The first kappa shape index (κ1) is 13.5. The molecule has 1 N–H and O–H groups in total. The Balaban J connectivity index is 1.64. The van der Waals surface area contributed by atoms with Gasteiger partial charge in [0.15, 0.2) is 0 Å². The zero-order valence-corrected chi connectivity index (χ0v) is 11.8. The number of nitrogens with zero attached hydrogens (tertiary/aromatic N) is 3. The Morgan fingerprint density at radius 3 is 2.75 bits per heavy atom. The van der Waals surface area contributed by atoms with Crippen LogP contribution in [-0.2, 0) is 4.79 Å². The molecule has 2 aliphatic rings. The second-order valence-corrected chi connectivity index (χ2v) is 5.55. The Labute approximate surface area is 120 Å². The smallest absolute Gasteiger partial charge is 0.237 e. The van der Waals surface area contributed by atoms with Crippen molar-refractivity contribution in [3.63, 3.8) is 0 Å². The van der Waals surface area contributed by atoms with Gasteiger partial charge in [0.05, 0.1) is 12.6 Å². The zero-order valence-electron chi connectivity index (χ0n) is 11.8. The lowest BCUT2D eigenvalue weighted by atomic mass is 10.1. The highest BCUT2D eigenvalue weighted by Crippen LogP contribution is 2.31. The summed E-state index contributed by atoms with van der Waals surface area (Å²) in [7, 11) is 0. The van der Waals surface area contributed by atoms with Gasteiger partial charge in [-0.15, -0.1) is 0 Å². The Morgan fingerprint density at radius 2 is 2.00 bits per heavy atom. The number of carbonyl (C=O) groups is 1. The van der Waals surface area contributed by atoms with E-state index in [4.69, 9.17) is 0 Å². The summed E-state index contributed by atoms with van der Waals surface area (Å²) in [5, 5.41) is 3.32. The van der Waals surface area contributed by atoms with Crippen molar-refractivity contribution in [2.75, 3.05) is 39.3 Å². The highest BCUT2D eigenvalue weighted by Gasteiger charge is 2.30. The molecule has 1 atom stereocenters. The fourth-order valence-corrected chi connectivity index (χ4v) is 3.15. The van der Waals surface area contributed by atoms with Crippen molar-refractivity contribution in [2.45, 2.75) is 18.9 Å². The third-order valence-electron chi connectivity index (χ3n) is 4.23. The average molecular weight is 274 g/mol. The van der Waals surface area contributed by atoms with Gasteiger partial charge in [-0.05, 0) is 30.5 Å². The molecule has 0 saturated carbocycles. The summed E-state index contributed by atoms with van der Waals surface area (Å²) in [5.74, 6) is 0.270. The Morgan fingerprint density at radius 1 is 1.25 bits per heavy atom. The second kappa shape index (κ2) is 6.33. The summed E-state index contributed by atoms with van der Waals surface area (Å²) in [6.45, 7) is 5.36. The minimum absolute atomic E-state index is 0.244. The van der Waals surface area contributed by atoms with Crippen molar-refractivity contribution in [1.82, 2.24) is 20.1 Å². The molecule has 2 saturated heterocycles. The van der Waals surface area contributed by atoms with Gasteiger partial charge in [0, 0.05) is 45.1 Å². The molecule has 0 bridgehead atoms. The third-order valence-corrected chi connectivity index (χ3v) is 4.23. The Hall–Kier alpha value is -1.46. The van der Waals surface area contributed by atoms with E-state index in [9.17, 15) is 4.79 Å². The van der Waals surface area contributed by atoms with E-state index in [0.717, 1.165) is 45.6 Å². The second-order valence-electron chi connectivity index (χ2n) is 5.55. The maximum Gasteiger partial charge on any atom is 0.237 e. The van der Waals surface area contributed by atoms with Crippen LogP contribution < -0.4 is 5.32 Å². The molecule has 3 heterocycles. The standard InChI is InChI=1S/C15H22N4O/c20-15(12-18-10-7-17-8-11-18)19-9-1-2-14(19)13-3-5-16-6-4-13/h3-6,14,17H,1-2,7-12H2. The summed E-state index contributed by atoms with van der Waals surface area (Å²) in [6.07, 6.45) is 5.79. The topological polar surface area (TPSA) is 48.5 Å². The van der Waals surface area contributed by atoms with E-state index in [0.29, 0.717) is 6.54 Å². The van der Waals surface area contributed by atoms with E-state index < -0.39 is 0 Å². The summed E-state index contributed by atoms with van der Waals surface area (Å²) in [6, 6.07) is 4.30. The normalized spacial score (nSPS) is 24.0. The number of nitrogens with one attached hydrogen (secondary N) is 1. The number of pyridine rings is 1. The molecule has 2 aliphatic heterocycles. The van der Waals surface area contributed by atoms with Crippen LogP contribution in [0.5, 0.6) is 0 Å². The molecular formula is C15H22N4O. The van der Waals surface area contributed by atoms with Crippen molar-refractivity contribution in [2.24, 2.45) is 0 Å². The fraction of sp³-hybridized carbons (Fsp3) is 0.600. The largest absolute Gasteiger partial charge is 0.335 e. The van der Waals surface area contributed by atoms with Crippen LogP contribution >= 0.6 is 0 Å². The highest BCUT2D eigenvalue weighted by molar-refractivity contribution is 5.79. The number of rotatable bonds is 3. The van der Waals surface area contributed by atoms with Crippen LogP contribution in [0.2, 0.25) is 0 Å². The first-order chi connectivity index (χ1) is 9.84. The van der Waals surface area contributed by atoms with Crippen LogP contribution in [0.1, 0.15) is 24.4 Å². The lowest BCUT2D eigenvalue weighted by Crippen LogP contribution is -2.48. The molecule has 5 nitrogen and oxygen atoms in total. The summed E-state index contributed by atoms with van der Waals surface area (Å²) in [5.41, 5.74) is 1.21. The molecule has 108 valence electrons. The quantitative estimate of drug-likeness (QED) is 0.879. The minimum Gasteiger partial charge on any atom is -0.335 e. The van der Waals surface area contributed by atoms with Crippen molar-refractivity contribution < 1.29 is 4.79 Å². The molecule has 2 fully saturated rings. The molecule has 3 rings (SSSR count). The van der Waals surface area contributed by atoms with Gasteiger partial charge in [-0.2, -0.15) is 0 Å². The van der Waals surface area contributed by atoms with Gasteiger partial charge in [-0.1, -0.05) is 0 Å². The lowest BCUT2D eigenvalue weighted by molar-refractivity contribution is -0.133. The predicted octanol–water partition coefficient (Wildman–Crippen LogP) is 0.650. The first-order valence-corrected chi connectivity index (χ1v) is 7.47. The van der Waals surface area contributed by atoms with Gasteiger partial charge in [-0.3, -0.25) is 14.7 Å². The van der Waals surface area contributed by atoms with Gasteiger partial charge in [0.2, 0.25) is 5.91 Å². The average Bonchev–Trinajstić information content (AvgIpc) is 2.99. The van der Waals surface area contributed by atoms with Crippen molar-refractivity contribution in [3.8, 4) is 0 Å². The molecule has 5 heteroatoms. The first-order valence-electron chi connectivity index (χ1n) is 7.47. The maximum absolute atomic E-state index is 12.5. The number of piperazine rings is 1. The number of amides is 1. The number of likely N-dealkylation sites (tertiary alicyclic amines) is 1. The van der Waals surface area contributed by atoms with Gasteiger partial charge in [-0.25, -0.2) is 0 Å². The molecule has 20 heavy (non-hydrogen) atoms.